The lowest BCUT2D eigenvalue weighted by Crippen LogP contribution is -1.98. The van der Waals surface area contributed by atoms with Gasteiger partial charge in [0.2, 0.25) is 0 Å². The molecule has 1 heterocycles. The Bertz CT molecular complexity index is 861. The first-order chi connectivity index (χ1) is 11.1. The molecular formula is C19H18BrNO2. The van der Waals surface area contributed by atoms with Crippen molar-refractivity contribution in [1.82, 2.24) is 4.98 Å². The summed E-state index contributed by atoms with van der Waals surface area (Å²) in [6.07, 6.45) is 0. The number of ether oxygens (including phenoxy) is 2. The van der Waals surface area contributed by atoms with Gasteiger partial charge in [0, 0.05) is 27.2 Å². The van der Waals surface area contributed by atoms with Gasteiger partial charge in [0.1, 0.15) is 18.1 Å². The van der Waals surface area contributed by atoms with Crippen molar-refractivity contribution in [3.63, 3.8) is 0 Å². The van der Waals surface area contributed by atoms with Crippen molar-refractivity contribution < 1.29 is 9.47 Å². The predicted octanol–water partition coefficient (Wildman–Crippen LogP) is 5.20. The number of pyridine rings is 1. The first kappa shape index (κ1) is 15.8. The van der Waals surface area contributed by atoms with Crippen molar-refractivity contribution in [3.05, 3.63) is 63.8 Å². The van der Waals surface area contributed by atoms with Crippen LogP contribution in [0.15, 0.2) is 46.9 Å². The Morgan fingerprint density at radius 2 is 1.78 bits per heavy atom. The number of aryl methyl sites for hydroxylation is 2. The van der Waals surface area contributed by atoms with Gasteiger partial charge in [0.25, 0.3) is 0 Å². The molecule has 0 amide bonds. The number of halogens is 1. The molecule has 0 radical (unpaired) electrons. The van der Waals surface area contributed by atoms with Gasteiger partial charge in [0.15, 0.2) is 0 Å². The second-order valence-corrected chi connectivity index (χ2v) is 6.36. The lowest BCUT2D eigenvalue weighted by atomic mass is 10.1. The van der Waals surface area contributed by atoms with Crippen molar-refractivity contribution in [1.29, 1.82) is 0 Å². The van der Waals surface area contributed by atoms with Gasteiger partial charge in [-0.15, -0.1) is 0 Å². The molecule has 0 aliphatic heterocycles. The maximum atomic E-state index is 5.93. The van der Waals surface area contributed by atoms with Crippen LogP contribution in [0.3, 0.4) is 0 Å². The number of aromatic nitrogens is 1. The van der Waals surface area contributed by atoms with Crippen LogP contribution in [0.1, 0.15) is 16.8 Å². The second-order valence-electron chi connectivity index (χ2n) is 5.51. The lowest BCUT2D eigenvalue weighted by Gasteiger charge is -2.11. The molecule has 0 fully saturated rings. The number of rotatable bonds is 4. The Labute approximate surface area is 144 Å². The van der Waals surface area contributed by atoms with Gasteiger partial charge in [-0.1, -0.05) is 15.9 Å². The summed E-state index contributed by atoms with van der Waals surface area (Å²) >= 11 is 3.54. The number of fused-ring (bicyclic) bond motifs is 1. The van der Waals surface area contributed by atoms with Crippen LogP contribution in [0, 0.1) is 13.8 Å². The summed E-state index contributed by atoms with van der Waals surface area (Å²) in [5.74, 6) is 1.63. The molecule has 118 valence electrons. The number of nitrogens with zero attached hydrogens (tertiary/aromatic N) is 1. The van der Waals surface area contributed by atoms with Gasteiger partial charge >= 0.3 is 0 Å². The average molecular weight is 372 g/mol. The topological polar surface area (TPSA) is 31.4 Å². The molecule has 0 saturated carbocycles. The van der Waals surface area contributed by atoms with E-state index in [0.717, 1.165) is 38.1 Å². The van der Waals surface area contributed by atoms with Gasteiger partial charge in [-0.25, -0.2) is 0 Å². The molecule has 3 rings (SSSR count). The summed E-state index contributed by atoms with van der Waals surface area (Å²) in [6.45, 7) is 4.58. The van der Waals surface area contributed by atoms with Gasteiger partial charge in [0.05, 0.1) is 12.6 Å². The van der Waals surface area contributed by atoms with Crippen LogP contribution in [0.2, 0.25) is 0 Å². The standard InChI is InChI=1S/C19H18BrNO2/c1-12-8-13(2)21-19-10-16(4-6-17(12)19)23-11-14-9-15(22-3)5-7-18(14)20/h4-10H,11H2,1-3H3. The minimum absolute atomic E-state index is 0.466. The minimum atomic E-state index is 0.466. The zero-order valence-electron chi connectivity index (χ0n) is 13.4. The van der Waals surface area contributed by atoms with Gasteiger partial charge < -0.3 is 9.47 Å². The molecule has 0 bridgehead atoms. The Morgan fingerprint density at radius 1 is 1.00 bits per heavy atom. The molecule has 0 aliphatic carbocycles. The molecule has 0 unspecified atom stereocenters. The first-order valence-corrected chi connectivity index (χ1v) is 8.19. The normalized spacial score (nSPS) is 10.8. The lowest BCUT2D eigenvalue weighted by molar-refractivity contribution is 0.305. The van der Waals surface area contributed by atoms with E-state index in [1.807, 2.05) is 37.3 Å². The molecule has 4 heteroatoms. The van der Waals surface area contributed by atoms with Crippen LogP contribution >= 0.6 is 15.9 Å². The van der Waals surface area contributed by atoms with E-state index in [0.29, 0.717) is 6.61 Å². The third-order valence-electron chi connectivity index (χ3n) is 3.76. The Morgan fingerprint density at radius 3 is 2.57 bits per heavy atom. The van der Waals surface area contributed by atoms with E-state index in [-0.39, 0.29) is 0 Å². The summed E-state index contributed by atoms with van der Waals surface area (Å²) < 4.78 is 12.2. The van der Waals surface area contributed by atoms with Crippen LogP contribution in [0.5, 0.6) is 11.5 Å². The van der Waals surface area contributed by atoms with E-state index in [1.165, 1.54) is 5.56 Å². The highest BCUT2D eigenvalue weighted by atomic mass is 79.9. The van der Waals surface area contributed by atoms with E-state index in [1.54, 1.807) is 7.11 Å². The van der Waals surface area contributed by atoms with Gasteiger partial charge in [-0.3, -0.25) is 4.98 Å². The van der Waals surface area contributed by atoms with Crippen molar-refractivity contribution in [2.75, 3.05) is 7.11 Å². The minimum Gasteiger partial charge on any atom is -0.497 e. The first-order valence-electron chi connectivity index (χ1n) is 7.40. The smallest absolute Gasteiger partial charge is 0.122 e. The molecule has 0 N–H and O–H groups in total. The van der Waals surface area contributed by atoms with Crippen LogP contribution < -0.4 is 9.47 Å². The molecule has 0 atom stereocenters. The molecule has 2 aromatic carbocycles. The molecule has 0 spiro atoms. The van der Waals surface area contributed by atoms with Gasteiger partial charge in [-0.2, -0.15) is 0 Å². The van der Waals surface area contributed by atoms with Crippen LogP contribution in [0.4, 0.5) is 0 Å². The van der Waals surface area contributed by atoms with Gasteiger partial charge in [-0.05, 0) is 55.8 Å². The molecule has 0 aliphatic rings. The van der Waals surface area contributed by atoms with Crippen LogP contribution in [0.25, 0.3) is 10.9 Å². The Kier molecular flexibility index (Phi) is 4.53. The molecule has 3 nitrogen and oxygen atoms in total. The highest BCUT2D eigenvalue weighted by Gasteiger charge is 2.06. The Hall–Kier alpha value is -2.07. The SMILES string of the molecule is COc1ccc(Br)c(COc2ccc3c(C)cc(C)nc3c2)c1. The highest BCUT2D eigenvalue weighted by Crippen LogP contribution is 2.26. The monoisotopic (exact) mass is 371 g/mol. The summed E-state index contributed by atoms with van der Waals surface area (Å²) in [7, 11) is 1.66. The average Bonchev–Trinajstić information content (AvgIpc) is 2.53. The molecule has 23 heavy (non-hydrogen) atoms. The fourth-order valence-corrected chi connectivity index (χ4v) is 2.95. The van der Waals surface area contributed by atoms with E-state index in [2.05, 4.69) is 40.0 Å². The van der Waals surface area contributed by atoms with E-state index < -0.39 is 0 Å². The summed E-state index contributed by atoms with van der Waals surface area (Å²) in [4.78, 5) is 4.59. The number of hydrogen-bond acceptors (Lipinski definition) is 3. The third kappa shape index (κ3) is 3.48. The number of methoxy groups -OCH3 is 1. The highest BCUT2D eigenvalue weighted by molar-refractivity contribution is 9.10. The maximum Gasteiger partial charge on any atom is 0.122 e. The van der Waals surface area contributed by atoms with E-state index in [4.69, 9.17) is 9.47 Å². The quantitative estimate of drug-likeness (QED) is 0.631. The van der Waals surface area contributed by atoms with Crippen molar-refractivity contribution in [3.8, 4) is 11.5 Å². The van der Waals surface area contributed by atoms with Crippen LogP contribution in [-0.4, -0.2) is 12.1 Å². The zero-order chi connectivity index (χ0) is 16.4. The Balaban J connectivity index is 1.85. The van der Waals surface area contributed by atoms with E-state index >= 15 is 0 Å². The fourth-order valence-electron chi connectivity index (χ4n) is 2.59. The number of hydrogen-bond donors (Lipinski definition) is 0. The molecule has 0 saturated heterocycles. The summed E-state index contributed by atoms with van der Waals surface area (Å²) in [5.41, 5.74) is 4.25. The summed E-state index contributed by atoms with van der Waals surface area (Å²) in [6, 6.07) is 14.0. The van der Waals surface area contributed by atoms with Crippen LogP contribution in [-0.2, 0) is 6.61 Å². The fraction of sp³-hybridized carbons (Fsp3) is 0.211. The van der Waals surface area contributed by atoms with Crippen molar-refractivity contribution >= 4 is 26.8 Å². The molecular weight excluding hydrogens is 354 g/mol. The zero-order valence-corrected chi connectivity index (χ0v) is 15.0. The predicted molar refractivity (Wildman–Crippen MR) is 96.2 cm³/mol. The molecule has 3 aromatic rings. The maximum absolute atomic E-state index is 5.93. The third-order valence-corrected chi connectivity index (χ3v) is 4.54. The number of benzene rings is 2. The van der Waals surface area contributed by atoms with Crippen molar-refractivity contribution in [2.24, 2.45) is 0 Å². The largest absolute Gasteiger partial charge is 0.497 e. The molecule has 1 aromatic heterocycles. The summed E-state index contributed by atoms with van der Waals surface area (Å²) in [5, 5.41) is 1.16. The van der Waals surface area contributed by atoms with Crippen molar-refractivity contribution in [2.45, 2.75) is 20.5 Å². The second kappa shape index (κ2) is 6.59. The van der Waals surface area contributed by atoms with E-state index in [9.17, 15) is 0 Å².